The summed E-state index contributed by atoms with van der Waals surface area (Å²) in [4.78, 5) is 30.0. The Morgan fingerprint density at radius 1 is 1.05 bits per heavy atom. The molecule has 3 N–H and O–H groups in total. The van der Waals surface area contributed by atoms with Crippen molar-refractivity contribution in [2.45, 2.75) is 12.1 Å². The molecular weight excluding hydrogens is 533 g/mol. The number of pyridine rings is 1. The molecule has 200 valence electrons. The van der Waals surface area contributed by atoms with Gasteiger partial charge in [0.2, 0.25) is 0 Å². The lowest BCUT2D eigenvalue weighted by Crippen LogP contribution is -2.41. The molecule has 0 aliphatic carbocycles. The summed E-state index contributed by atoms with van der Waals surface area (Å²) in [6.45, 7) is 0.457. The number of halogens is 4. The number of benzene rings is 2. The van der Waals surface area contributed by atoms with E-state index in [-0.39, 0.29) is 52.9 Å². The van der Waals surface area contributed by atoms with E-state index in [1.54, 1.807) is 30.3 Å². The van der Waals surface area contributed by atoms with Gasteiger partial charge in [0.05, 0.1) is 22.8 Å². The highest BCUT2D eigenvalue weighted by molar-refractivity contribution is 6.34. The maximum atomic E-state index is 14.7. The van der Waals surface area contributed by atoms with Crippen molar-refractivity contribution in [1.82, 2.24) is 25.4 Å². The van der Waals surface area contributed by atoms with E-state index in [0.717, 1.165) is 18.2 Å². The van der Waals surface area contributed by atoms with E-state index in [1.165, 1.54) is 23.0 Å². The molecule has 12 heteroatoms. The van der Waals surface area contributed by atoms with Gasteiger partial charge in [-0.3, -0.25) is 14.6 Å². The first-order valence-electron chi connectivity index (χ1n) is 12.0. The third-order valence-corrected chi connectivity index (χ3v) is 6.57. The van der Waals surface area contributed by atoms with Crippen LogP contribution in [0.1, 0.15) is 27.3 Å². The molecule has 2 aromatic heterocycles. The number of amides is 2. The predicted molar refractivity (Wildman–Crippen MR) is 140 cm³/mol. The van der Waals surface area contributed by atoms with Crippen molar-refractivity contribution in [3.05, 3.63) is 94.8 Å². The van der Waals surface area contributed by atoms with Crippen LogP contribution in [0.5, 0.6) is 0 Å². The molecule has 0 radical (unpaired) electrons. The third kappa shape index (κ3) is 5.64. The number of nitrogens with one attached hydrogen (secondary N) is 3. The molecule has 1 unspecified atom stereocenters. The summed E-state index contributed by atoms with van der Waals surface area (Å²) in [5.74, 6) is -2.92. The molecule has 1 aliphatic heterocycles. The maximum Gasteiger partial charge on any atom is 0.271 e. The fraction of sp³-hybridized carbons (Fsp3) is 0.185. The monoisotopic (exact) mass is 554 g/mol. The minimum Gasteiger partial charge on any atom is -0.347 e. The largest absolute Gasteiger partial charge is 0.347 e. The summed E-state index contributed by atoms with van der Waals surface area (Å²) in [7, 11) is 0. The van der Waals surface area contributed by atoms with Gasteiger partial charge in [0.1, 0.15) is 28.8 Å². The van der Waals surface area contributed by atoms with Gasteiger partial charge in [0, 0.05) is 24.4 Å². The van der Waals surface area contributed by atoms with Crippen molar-refractivity contribution >= 4 is 29.2 Å². The number of alkyl halides is 1. The second-order valence-electron chi connectivity index (χ2n) is 9.02. The second-order valence-corrected chi connectivity index (χ2v) is 9.43. The van der Waals surface area contributed by atoms with Crippen molar-refractivity contribution in [1.29, 1.82) is 0 Å². The van der Waals surface area contributed by atoms with E-state index < -0.39 is 29.1 Å². The van der Waals surface area contributed by atoms with E-state index in [2.05, 4.69) is 26.0 Å². The van der Waals surface area contributed by atoms with E-state index in [0.29, 0.717) is 12.2 Å². The lowest BCUT2D eigenvalue weighted by Gasteiger charge is -2.17. The van der Waals surface area contributed by atoms with Crippen molar-refractivity contribution in [3.63, 3.8) is 0 Å². The second kappa shape index (κ2) is 10.9. The topological polar surface area (TPSA) is 101 Å². The van der Waals surface area contributed by atoms with Gasteiger partial charge in [0.25, 0.3) is 11.8 Å². The number of nitrogens with zero attached hydrogens (tertiary/aromatic N) is 3. The summed E-state index contributed by atoms with van der Waals surface area (Å²) in [6.07, 6.45) is 1.57. The minimum atomic E-state index is -1.56. The Hall–Kier alpha value is -4.22. The minimum absolute atomic E-state index is 0.0647. The van der Waals surface area contributed by atoms with Crippen molar-refractivity contribution in [2.75, 3.05) is 25.0 Å². The highest BCUT2D eigenvalue weighted by Gasteiger charge is 2.34. The fourth-order valence-electron chi connectivity index (χ4n) is 4.21. The smallest absolute Gasteiger partial charge is 0.271 e. The molecule has 2 aromatic carbocycles. The van der Waals surface area contributed by atoms with Crippen LogP contribution in [0.25, 0.3) is 16.9 Å². The number of hydrogen-bond acceptors (Lipinski definition) is 5. The van der Waals surface area contributed by atoms with Gasteiger partial charge in [-0.15, -0.1) is 0 Å². The van der Waals surface area contributed by atoms with E-state index in [4.69, 9.17) is 11.6 Å². The van der Waals surface area contributed by atoms with Crippen LogP contribution in [-0.4, -0.2) is 51.9 Å². The van der Waals surface area contributed by atoms with Gasteiger partial charge in [-0.05, 0) is 49.4 Å². The standard InChI is InChI=1S/C27H22ClF3N6O2/c28-19-12-21(30)18(24-20(29)7-4-9-33-24)11-17(19)25(38)35-23-13-22(36-37(23)16-5-2-1-3-6-16)26(39)34-15-27(31)8-10-32-14-27/h1-7,9,11-13,32H,8,10,14-15H2,(H,34,39)(H,35,38). The Morgan fingerprint density at radius 2 is 1.85 bits per heavy atom. The quantitative estimate of drug-likeness (QED) is 0.311. The first kappa shape index (κ1) is 26.4. The molecule has 1 aliphatic rings. The molecule has 2 amide bonds. The van der Waals surface area contributed by atoms with Crippen molar-refractivity contribution in [2.24, 2.45) is 0 Å². The lowest BCUT2D eigenvalue weighted by molar-refractivity contribution is 0.0906. The number of rotatable bonds is 7. The molecular formula is C27H22ClF3N6O2. The number of hydrogen-bond donors (Lipinski definition) is 3. The molecule has 0 bridgehead atoms. The molecule has 8 nitrogen and oxygen atoms in total. The molecule has 1 fully saturated rings. The summed E-state index contributed by atoms with van der Waals surface area (Å²) in [6, 6.07) is 14.5. The first-order valence-corrected chi connectivity index (χ1v) is 12.4. The predicted octanol–water partition coefficient (Wildman–Crippen LogP) is 4.55. The van der Waals surface area contributed by atoms with Gasteiger partial charge in [0.15, 0.2) is 5.69 Å². The number of anilines is 1. The third-order valence-electron chi connectivity index (χ3n) is 6.26. The SMILES string of the molecule is O=C(NCC1(F)CCNC1)c1cc(NC(=O)c2cc(-c3ncccc3F)c(F)cc2Cl)n(-c2ccccc2)n1. The van der Waals surface area contributed by atoms with Crippen LogP contribution < -0.4 is 16.0 Å². The van der Waals surface area contributed by atoms with Crippen LogP contribution in [0.2, 0.25) is 5.02 Å². The maximum absolute atomic E-state index is 14.7. The average Bonchev–Trinajstić information content (AvgIpc) is 3.55. The van der Waals surface area contributed by atoms with Crippen molar-refractivity contribution < 1.29 is 22.8 Å². The highest BCUT2D eigenvalue weighted by Crippen LogP contribution is 2.30. The Labute approximate surface area is 226 Å². The van der Waals surface area contributed by atoms with E-state index >= 15 is 0 Å². The normalized spacial score (nSPS) is 16.7. The van der Waals surface area contributed by atoms with E-state index in [1.807, 2.05) is 0 Å². The Balaban J connectivity index is 1.45. The molecule has 39 heavy (non-hydrogen) atoms. The number of carbonyl (C=O) groups is 2. The van der Waals surface area contributed by atoms with Crippen LogP contribution in [0.3, 0.4) is 0 Å². The summed E-state index contributed by atoms with van der Waals surface area (Å²) in [5.41, 5.74) is -1.78. The summed E-state index contributed by atoms with van der Waals surface area (Å²) >= 11 is 6.18. The average molecular weight is 555 g/mol. The number of aromatic nitrogens is 3. The molecule has 0 saturated carbocycles. The lowest BCUT2D eigenvalue weighted by atomic mass is 10.1. The summed E-state index contributed by atoms with van der Waals surface area (Å²) < 4.78 is 45.0. The Bertz CT molecular complexity index is 1540. The van der Waals surface area contributed by atoms with E-state index in [9.17, 15) is 22.8 Å². The highest BCUT2D eigenvalue weighted by atomic mass is 35.5. The Morgan fingerprint density at radius 3 is 2.56 bits per heavy atom. The first-order chi connectivity index (χ1) is 18.7. The van der Waals surface area contributed by atoms with Crippen LogP contribution in [0.15, 0.2) is 66.9 Å². The van der Waals surface area contributed by atoms with Gasteiger partial charge in [-0.2, -0.15) is 5.10 Å². The van der Waals surface area contributed by atoms with Crippen molar-refractivity contribution in [3.8, 4) is 16.9 Å². The van der Waals surface area contributed by atoms with Crippen LogP contribution in [0.4, 0.5) is 19.0 Å². The molecule has 4 aromatic rings. The van der Waals surface area contributed by atoms with Gasteiger partial charge in [-0.1, -0.05) is 29.8 Å². The zero-order valence-corrected chi connectivity index (χ0v) is 21.1. The Kier molecular flexibility index (Phi) is 7.36. The zero-order valence-electron chi connectivity index (χ0n) is 20.3. The van der Waals surface area contributed by atoms with Crippen LogP contribution in [0, 0.1) is 11.6 Å². The van der Waals surface area contributed by atoms with Gasteiger partial charge >= 0.3 is 0 Å². The number of carbonyl (C=O) groups excluding carboxylic acids is 2. The molecule has 0 spiro atoms. The number of para-hydroxylation sites is 1. The van der Waals surface area contributed by atoms with Gasteiger partial charge in [-0.25, -0.2) is 17.9 Å². The fourth-order valence-corrected chi connectivity index (χ4v) is 4.45. The molecule has 3 heterocycles. The zero-order chi connectivity index (χ0) is 27.6. The summed E-state index contributed by atoms with van der Waals surface area (Å²) in [5, 5.41) is 12.2. The molecule has 1 saturated heterocycles. The van der Waals surface area contributed by atoms with Crippen LogP contribution in [-0.2, 0) is 0 Å². The molecule has 5 rings (SSSR count). The van der Waals surface area contributed by atoms with Crippen LogP contribution >= 0.6 is 11.6 Å². The van der Waals surface area contributed by atoms with Gasteiger partial charge < -0.3 is 16.0 Å². The molecule has 1 atom stereocenters.